The van der Waals surface area contributed by atoms with Crippen LogP contribution < -0.4 is 16.8 Å². The highest BCUT2D eigenvalue weighted by atomic mass is 35.5. The topological polar surface area (TPSA) is 81.1 Å². The van der Waals surface area contributed by atoms with E-state index in [2.05, 4.69) is 5.32 Å². The van der Waals surface area contributed by atoms with Crippen molar-refractivity contribution in [2.24, 2.45) is 11.5 Å². The lowest BCUT2D eigenvalue weighted by Gasteiger charge is -2.30. The van der Waals surface area contributed by atoms with Crippen molar-refractivity contribution in [1.82, 2.24) is 0 Å². The standard InChI is InChI=1S/C13H18ClN3O.ClH/c14-9-7-8(13(16)18)5-6-11(9)17-12-4-2-1-3-10(12)15;/h5-7,10,12,17H,1-4,15H2,(H2,16,18);1H. The Balaban J connectivity index is 0.00000180. The molecule has 19 heavy (non-hydrogen) atoms. The van der Waals surface area contributed by atoms with Crippen molar-refractivity contribution in [1.29, 1.82) is 0 Å². The van der Waals surface area contributed by atoms with Gasteiger partial charge in [0.1, 0.15) is 0 Å². The van der Waals surface area contributed by atoms with Crippen molar-refractivity contribution in [2.45, 2.75) is 37.8 Å². The fourth-order valence-corrected chi connectivity index (χ4v) is 2.56. The quantitative estimate of drug-likeness (QED) is 0.802. The molecule has 6 heteroatoms. The summed E-state index contributed by atoms with van der Waals surface area (Å²) in [7, 11) is 0. The van der Waals surface area contributed by atoms with Gasteiger partial charge < -0.3 is 16.8 Å². The molecular formula is C13H19Cl2N3O. The third-order valence-electron chi connectivity index (χ3n) is 3.41. The van der Waals surface area contributed by atoms with E-state index < -0.39 is 5.91 Å². The number of benzene rings is 1. The van der Waals surface area contributed by atoms with Crippen LogP contribution in [0.25, 0.3) is 0 Å². The summed E-state index contributed by atoms with van der Waals surface area (Å²) in [5.74, 6) is -0.474. The molecule has 1 aliphatic carbocycles. The molecule has 1 amide bonds. The van der Waals surface area contributed by atoms with E-state index >= 15 is 0 Å². The first-order valence-electron chi connectivity index (χ1n) is 6.19. The Labute approximate surface area is 124 Å². The number of amides is 1. The van der Waals surface area contributed by atoms with Crippen LogP contribution in [0.3, 0.4) is 0 Å². The van der Waals surface area contributed by atoms with Crippen molar-refractivity contribution in [3.05, 3.63) is 28.8 Å². The van der Waals surface area contributed by atoms with Gasteiger partial charge in [-0.15, -0.1) is 12.4 Å². The highest BCUT2D eigenvalue weighted by Crippen LogP contribution is 2.27. The van der Waals surface area contributed by atoms with E-state index in [9.17, 15) is 4.79 Å². The lowest BCUT2D eigenvalue weighted by molar-refractivity contribution is 0.100. The summed E-state index contributed by atoms with van der Waals surface area (Å²) in [5, 5.41) is 3.86. The smallest absolute Gasteiger partial charge is 0.248 e. The number of carbonyl (C=O) groups is 1. The third-order valence-corrected chi connectivity index (χ3v) is 3.73. The van der Waals surface area contributed by atoms with Gasteiger partial charge in [-0.05, 0) is 31.0 Å². The second-order valence-corrected chi connectivity index (χ2v) is 5.17. The van der Waals surface area contributed by atoms with Crippen LogP contribution in [0.2, 0.25) is 5.02 Å². The highest BCUT2D eigenvalue weighted by Gasteiger charge is 2.22. The summed E-state index contributed by atoms with van der Waals surface area (Å²) >= 11 is 6.13. The van der Waals surface area contributed by atoms with Crippen molar-refractivity contribution < 1.29 is 4.79 Å². The molecule has 1 saturated carbocycles. The zero-order chi connectivity index (χ0) is 13.1. The van der Waals surface area contributed by atoms with Gasteiger partial charge in [0.15, 0.2) is 0 Å². The minimum absolute atomic E-state index is 0. The lowest BCUT2D eigenvalue weighted by Crippen LogP contribution is -2.42. The molecule has 2 rings (SSSR count). The summed E-state index contributed by atoms with van der Waals surface area (Å²) in [4.78, 5) is 11.0. The SMILES string of the molecule is Cl.NC(=O)c1ccc(NC2CCCCC2N)c(Cl)c1. The first-order chi connectivity index (χ1) is 8.58. The van der Waals surface area contributed by atoms with Gasteiger partial charge in [0.2, 0.25) is 5.91 Å². The van der Waals surface area contributed by atoms with Gasteiger partial charge in [-0.3, -0.25) is 4.79 Å². The number of hydrogen-bond acceptors (Lipinski definition) is 3. The Morgan fingerprint density at radius 3 is 2.58 bits per heavy atom. The minimum Gasteiger partial charge on any atom is -0.380 e. The minimum atomic E-state index is -0.474. The summed E-state index contributed by atoms with van der Waals surface area (Å²) < 4.78 is 0. The summed E-state index contributed by atoms with van der Waals surface area (Å²) in [6.45, 7) is 0. The molecule has 0 radical (unpaired) electrons. The molecular weight excluding hydrogens is 285 g/mol. The van der Waals surface area contributed by atoms with Crippen LogP contribution in [-0.2, 0) is 0 Å². The van der Waals surface area contributed by atoms with Crippen LogP contribution in [-0.4, -0.2) is 18.0 Å². The Bertz CT molecular complexity index is 454. The van der Waals surface area contributed by atoms with Gasteiger partial charge in [0.05, 0.1) is 10.7 Å². The molecule has 0 aromatic heterocycles. The fourth-order valence-electron chi connectivity index (χ4n) is 2.32. The van der Waals surface area contributed by atoms with Crippen molar-refractivity contribution in [2.75, 3.05) is 5.32 Å². The Morgan fingerprint density at radius 2 is 2.00 bits per heavy atom. The molecule has 0 aliphatic heterocycles. The first-order valence-corrected chi connectivity index (χ1v) is 6.57. The zero-order valence-corrected chi connectivity index (χ0v) is 12.1. The molecule has 1 aromatic carbocycles. The number of anilines is 1. The average Bonchev–Trinajstić information content (AvgIpc) is 2.34. The first kappa shape index (κ1) is 16.1. The number of primary amides is 1. The number of carbonyl (C=O) groups excluding carboxylic acids is 1. The Morgan fingerprint density at radius 1 is 1.32 bits per heavy atom. The predicted octanol–water partition coefficient (Wildman–Crippen LogP) is 2.54. The van der Waals surface area contributed by atoms with Gasteiger partial charge in [-0.2, -0.15) is 0 Å². The Hall–Kier alpha value is -0.970. The Kier molecular flexibility index (Phi) is 5.91. The van der Waals surface area contributed by atoms with Gasteiger partial charge in [-0.25, -0.2) is 0 Å². The number of halogens is 2. The van der Waals surface area contributed by atoms with Crippen LogP contribution in [0.1, 0.15) is 36.0 Å². The van der Waals surface area contributed by atoms with Gasteiger partial charge in [0.25, 0.3) is 0 Å². The molecule has 106 valence electrons. The number of nitrogens with one attached hydrogen (secondary N) is 1. The largest absolute Gasteiger partial charge is 0.380 e. The van der Waals surface area contributed by atoms with Gasteiger partial charge >= 0.3 is 0 Å². The normalized spacial score (nSPS) is 22.4. The molecule has 0 saturated heterocycles. The summed E-state index contributed by atoms with van der Waals surface area (Å²) in [6.07, 6.45) is 4.46. The fraction of sp³-hybridized carbons (Fsp3) is 0.462. The van der Waals surface area contributed by atoms with Crippen LogP contribution in [0, 0.1) is 0 Å². The van der Waals surface area contributed by atoms with Gasteiger partial charge in [-0.1, -0.05) is 24.4 Å². The van der Waals surface area contributed by atoms with Crippen LogP contribution in [0.4, 0.5) is 5.69 Å². The molecule has 1 aromatic rings. The van der Waals surface area contributed by atoms with Crippen molar-refractivity contribution in [3.8, 4) is 0 Å². The maximum atomic E-state index is 11.0. The molecule has 2 atom stereocenters. The van der Waals surface area contributed by atoms with E-state index in [4.69, 9.17) is 23.1 Å². The van der Waals surface area contributed by atoms with E-state index in [-0.39, 0.29) is 24.5 Å². The van der Waals surface area contributed by atoms with Gasteiger partial charge in [0, 0.05) is 17.6 Å². The average molecular weight is 304 g/mol. The second kappa shape index (κ2) is 6.98. The summed E-state index contributed by atoms with van der Waals surface area (Å²) in [6, 6.07) is 5.44. The monoisotopic (exact) mass is 303 g/mol. The van der Waals surface area contributed by atoms with Crippen molar-refractivity contribution >= 4 is 35.6 Å². The van der Waals surface area contributed by atoms with Crippen LogP contribution in [0.5, 0.6) is 0 Å². The molecule has 5 N–H and O–H groups in total. The summed E-state index contributed by atoms with van der Waals surface area (Å²) in [5.41, 5.74) is 12.5. The molecule has 0 bridgehead atoms. The molecule has 4 nitrogen and oxygen atoms in total. The van der Waals surface area contributed by atoms with E-state index in [1.807, 2.05) is 0 Å². The number of rotatable bonds is 3. The number of hydrogen-bond donors (Lipinski definition) is 3. The molecule has 0 heterocycles. The maximum absolute atomic E-state index is 11.0. The second-order valence-electron chi connectivity index (χ2n) is 4.76. The predicted molar refractivity (Wildman–Crippen MR) is 81.1 cm³/mol. The zero-order valence-electron chi connectivity index (χ0n) is 10.6. The molecule has 1 fully saturated rings. The van der Waals surface area contributed by atoms with E-state index in [1.165, 1.54) is 12.8 Å². The number of nitrogens with two attached hydrogens (primary N) is 2. The maximum Gasteiger partial charge on any atom is 0.248 e. The molecule has 2 unspecified atom stereocenters. The van der Waals surface area contributed by atoms with Crippen molar-refractivity contribution in [3.63, 3.8) is 0 Å². The van der Waals surface area contributed by atoms with Crippen LogP contribution in [0.15, 0.2) is 18.2 Å². The lowest BCUT2D eigenvalue weighted by atomic mass is 9.91. The molecule has 1 aliphatic rings. The highest BCUT2D eigenvalue weighted by molar-refractivity contribution is 6.33. The molecule has 0 spiro atoms. The van der Waals surface area contributed by atoms with E-state index in [1.54, 1.807) is 18.2 Å². The third kappa shape index (κ3) is 4.00. The van der Waals surface area contributed by atoms with E-state index in [0.717, 1.165) is 18.5 Å². The van der Waals surface area contributed by atoms with E-state index in [0.29, 0.717) is 10.6 Å². The van der Waals surface area contributed by atoms with Crippen LogP contribution >= 0.6 is 24.0 Å².